The van der Waals surface area contributed by atoms with Crippen molar-refractivity contribution < 1.29 is 4.74 Å². The lowest BCUT2D eigenvalue weighted by atomic mass is 10.1. The SMILES string of the molecule is N#CCc1ccc(-c2ncnc3c2ncn3C2CCCCO2)cc1.N#CCc1ccc(-c2ncnc3nc[nH]c23)cc1. The summed E-state index contributed by atoms with van der Waals surface area (Å²) >= 11 is 0. The summed E-state index contributed by atoms with van der Waals surface area (Å²) < 4.78 is 7.85. The summed E-state index contributed by atoms with van der Waals surface area (Å²) in [6, 6.07) is 19.9. The highest BCUT2D eigenvalue weighted by atomic mass is 16.5. The zero-order chi connectivity index (χ0) is 28.7. The van der Waals surface area contributed by atoms with Gasteiger partial charge in [-0.2, -0.15) is 10.5 Å². The molecule has 0 saturated carbocycles. The van der Waals surface area contributed by atoms with Gasteiger partial charge in [0.25, 0.3) is 0 Å². The van der Waals surface area contributed by atoms with Crippen molar-refractivity contribution in [3.63, 3.8) is 0 Å². The monoisotopic (exact) mass is 554 g/mol. The first kappa shape index (κ1) is 26.7. The Morgan fingerprint density at radius 1 is 0.786 bits per heavy atom. The summed E-state index contributed by atoms with van der Waals surface area (Å²) in [5, 5.41) is 17.4. The van der Waals surface area contributed by atoms with Gasteiger partial charge in [0.1, 0.15) is 35.6 Å². The van der Waals surface area contributed by atoms with Crippen molar-refractivity contribution in [1.82, 2.24) is 39.5 Å². The Kier molecular flexibility index (Phi) is 7.84. The fourth-order valence-corrected chi connectivity index (χ4v) is 4.94. The molecule has 42 heavy (non-hydrogen) atoms. The maximum Gasteiger partial charge on any atom is 0.181 e. The van der Waals surface area contributed by atoms with Crippen molar-refractivity contribution in [3.8, 4) is 34.7 Å². The molecule has 0 aliphatic carbocycles. The summed E-state index contributed by atoms with van der Waals surface area (Å²) in [6.07, 6.45) is 10.6. The largest absolute Gasteiger partial charge is 0.358 e. The molecule has 206 valence electrons. The third kappa shape index (κ3) is 5.55. The number of nitrogens with one attached hydrogen (secondary N) is 1. The smallest absolute Gasteiger partial charge is 0.181 e. The third-order valence-corrected chi connectivity index (χ3v) is 7.07. The predicted molar refractivity (Wildman–Crippen MR) is 155 cm³/mol. The molecule has 1 N–H and O–H groups in total. The van der Waals surface area contributed by atoms with Crippen LogP contribution in [0.4, 0.5) is 0 Å². The molecule has 1 aliphatic heterocycles. The van der Waals surface area contributed by atoms with Crippen LogP contribution in [0.1, 0.15) is 36.6 Å². The van der Waals surface area contributed by atoms with Crippen LogP contribution in [0, 0.1) is 22.7 Å². The van der Waals surface area contributed by atoms with E-state index in [0.717, 1.165) is 76.2 Å². The van der Waals surface area contributed by atoms with Gasteiger partial charge in [-0.3, -0.25) is 4.57 Å². The molecule has 1 atom stereocenters. The van der Waals surface area contributed by atoms with Crippen LogP contribution in [-0.2, 0) is 17.6 Å². The Hall–Kier alpha value is -5.52. The average molecular weight is 555 g/mol. The number of fused-ring (bicyclic) bond motifs is 2. The molecule has 1 saturated heterocycles. The number of aromatic amines is 1. The second-order valence-electron chi connectivity index (χ2n) is 9.75. The molecule has 1 fully saturated rings. The Bertz CT molecular complexity index is 1890. The van der Waals surface area contributed by atoms with Gasteiger partial charge in [-0.25, -0.2) is 29.9 Å². The molecule has 11 heteroatoms. The van der Waals surface area contributed by atoms with Gasteiger partial charge in [-0.15, -0.1) is 0 Å². The Balaban J connectivity index is 0.000000157. The molecule has 2 aromatic carbocycles. The van der Waals surface area contributed by atoms with Crippen LogP contribution in [0.25, 0.3) is 44.8 Å². The van der Waals surface area contributed by atoms with E-state index in [1.165, 1.54) is 6.33 Å². The van der Waals surface area contributed by atoms with Crippen LogP contribution in [0.5, 0.6) is 0 Å². The topological polar surface area (TPSA) is 155 Å². The quantitative estimate of drug-likeness (QED) is 0.297. The zero-order valence-corrected chi connectivity index (χ0v) is 22.7. The number of H-pyrrole nitrogens is 1. The van der Waals surface area contributed by atoms with Gasteiger partial charge < -0.3 is 9.72 Å². The number of hydrogen-bond donors (Lipinski definition) is 1. The molecule has 0 spiro atoms. The van der Waals surface area contributed by atoms with Crippen LogP contribution in [-0.4, -0.2) is 46.1 Å². The van der Waals surface area contributed by atoms with Gasteiger partial charge in [-0.05, 0) is 30.4 Å². The first-order chi connectivity index (χ1) is 20.7. The van der Waals surface area contributed by atoms with E-state index in [9.17, 15) is 0 Å². The fourth-order valence-electron chi connectivity index (χ4n) is 4.94. The standard InChI is InChI=1S/C18H17N5O.C13H9N5/c19-9-8-13-4-6-14(7-5-13)16-17-18(21-11-20-16)23(12-22-17)15-3-1-2-10-24-15;14-6-5-9-1-3-10(4-2-9)11-12-13(17-7-15-11)18-8-16-12/h4-7,11-12,15H,1-3,8,10H2;1-4,7-8H,5H2,(H,15,16,17,18). The van der Waals surface area contributed by atoms with Crippen molar-refractivity contribution in [2.24, 2.45) is 0 Å². The number of nitriles is 2. The van der Waals surface area contributed by atoms with E-state index >= 15 is 0 Å². The lowest BCUT2D eigenvalue weighted by Crippen LogP contribution is -2.17. The number of ether oxygens (including phenoxy) is 1. The van der Waals surface area contributed by atoms with Crippen LogP contribution in [0.2, 0.25) is 0 Å². The van der Waals surface area contributed by atoms with Gasteiger partial charge in [0.2, 0.25) is 0 Å². The number of hydrogen-bond acceptors (Lipinski definition) is 9. The van der Waals surface area contributed by atoms with Crippen molar-refractivity contribution in [2.45, 2.75) is 38.3 Å². The number of imidazole rings is 2. The van der Waals surface area contributed by atoms with Gasteiger partial charge >= 0.3 is 0 Å². The molecule has 1 aliphatic rings. The minimum Gasteiger partial charge on any atom is -0.358 e. The average Bonchev–Trinajstić information content (AvgIpc) is 3.71. The van der Waals surface area contributed by atoms with Crippen LogP contribution >= 0.6 is 0 Å². The summed E-state index contributed by atoms with van der Waals surface area (Å²) in [5.74, 6) is 0. The fraction of sp³-hybridized carbons (Fsp3) is 0.226. The predicted octanol–water partition coefficient (Wildman–Crippen LogP) is 5.34. The normalized spacial score (nSPS) is 14.6. The van der Waals surface area contributed by atoms with E-state index in [4.69, 9.17) is 15.3 Å². The van der Waals surface area contributed by atoms with Crippen LogP contribution < -0.4 is 0 Å². The maximum atomic E-state index is 8.78. The van der Waals surface area contributed by atoms with Gasteiger partial charge in [0.15, 0.2) is 11.3 Å². The molecular formula is C31H26N10O. The first-order valence-corrected chi connectivity index (χ1v) is 13.6. The molecular weight excluding hydrogens is 528 g/mol. The summed E-state index contributed by atoms with van der Waals surface area (Å²) in [4.78, 5) is 28.9. The second-order valence-corrected chi connectivity index (χ2v) is 9.75. The summed E-state index contributed by atoms with van der Waals surface area (Å²) in [6.45, 7) is 0.780. The summed E-state index contributed by atoms with van der Waals surface area (Å²) in [5.41, 5.74) is 8.62. The van der Waals surface area contributed by atoms with Crippen molar-refractivity contribution in [3.05, 3.63) is 85.0 Å². The van der Waals surface area contributed by atoms with E-state index in [1.807, 2.05) is 53.1 Å². The highest BCUT2D eigenvalue weighted by Gasteiger charge is 2.20. The Morgan fingerprint density at radius 3 is 2.12 bits per heavy atom. The molecule has 11 nitrogen and oxygen atoms in total. The molecule has 1 unspecified atom stereocenters. The molecule has 0 bridgehead atoms. The minimum atomic E-state index is 0.00417. The molecule has 5 heterocycles. The minimum absolute atomic E-state index is 0.00417. The Labute approximate surface area is 241 Å². The van der Waals surface area contributed by atoms with E-state index < -0.39 is 0 Å². The van der Waals surface area contributed by atoms with E-state index in [0.29, 0.717) is 18.5 Å². The van der Waals surface area contributed by atoms with E-state index in [-0.39, 0.29) is 6.23 Å². The van der Waals surface area contributed by atoms with Gasteiger partial charge in [-0.1, -0.05) is 48.5 Å². The van der Waals surface area contributed by atoms with E-state index in [1.54, 1.807) is 19.0 Å². The third-order valence-electron chi connectivity index (χ3n) is 7.07. The molecule has 4 aromatic heterocycles. The van der Waals surface area contributed by atoms with Gasteiger partial charge in [0.05, 0.1) is 43.3 Å². The van der Waals surface area contributed by atoms with Crippen molar-refractivity contribution >= 4 is 22.3 Å². The number of nitrogens with zero attached hydrogens (tertiary/aromatic N) is 9. The van der Waals surface area contributed by atoms with Crippen LogP contribution in [0.15, 0.2) is 73.8 Å². The van der Waals surface area contributed by atoms with Crippen molar-refractivity contribution in [2.75, 3.05) is 6.61 Å². The number of benzene rings is 2. The molecule has 7 rings (SSSR count). The van der Waals surface area contributed by atoms with Gasteiger partial charge in [0, 0.05) is 17.7 Å². The first-order valence-electron chi connectivity index (χ1n) is 13.6. The second kappa shape index (κ2) is 12.3. The highest BCUT2D eigenvalue weighted by Crippen LogP contribution is 2.29. The zero-order valence-electron chi connectivity index (χ0n) is 22.7. The number of rotatable bonds is 5. The molecule has 6 aromatic rings. The molecule has 0 amide bonds. The van der Waals surface area contributed by atoms with Crippen LogP contribution in [0.3, 0.4) is 0 Å². The lowest BCUT2D eigenvalue weighted by Gasteiger charge is -2.23. The van der Waals surface area contributed by atoms with Crippen molar-refractivity contribution in [1.29, 1.82) is 10.5 Å². The highest BCUT2D eigenvalue weighted by molar-refractivity contribution is 5.87. The maximum absolute atomic E-state index is 8.78. The van der Waals surface area contributed by atoms with E-state index in [2.05, 4.69) is 47.0 Å². The summed E-state index contributed by atoms with van der Waals surface area (Å²) in [7, 11) is 0. The lowest BCUT2D eigenvalue weighted by molar-refractivity contribution is -0.0298. The number of aromatic nitrogens is 8. The Morgan fingerprint density at radius 2 is 1.45 bits per heavy atom. The molecule has 0 radical (unpaired) electrons.